The van der Waals surface area contributed by atoms with Gasteiger partial charge in [0.15, 0.2) is 10.9 Å². The number of hydrogen-bond acceptors (Lipinski definition) is 5. The molecule has 152 valence electrons. The van der Waals surface area contributed by atoms with E-state index in [0.29, 0.717) is 23.6 Å². The van der Waals surface area contributed by atoms with Gasteiger partial charge in [-0.15, -0.1) is 10.2 Å². The van der Waals surface area contributed by atoms with Gasteiger partial charge in [0.25, 0.3) is 0 Å². The molecule has 2 aromatic heterocycles. The molecule has 1 saturated carbocycles. The zero-order valence-corrected chi connectivity index (χ0v) is 17.7. The van der Waals surface area contributed by atoms with Crippen LogP contribution in [0.5, 0.6) is 0 Å². The fourth-order valence-corrected chi connectivity index (χ4v) is 5.61. The molecule has 0 N–H and O–H groups in total. The summed E-state index contributed by atoms with van der Waals surface area (Å²) in [5, 5.41) is 9.70. The van der Waals surface area contributed by atoms with Crippen molar-refractivity contribution in [1.82, 2.24) is 19.7 Å². The third-order valence-electron chi connectivity index (χ3n) is 5.89. The molecule has 2 aliphatic rings. The van der Waals surface area contributed by atoms with Crippen LogP contribution in [0.15, 0.2) is 28.0 Å². The van der Waals surface area contributed by atoms with Crippen LogP contribution in [0.1, 0.15) is 58.4 Å². The van der Waals surface area contributed by atoms with E-state index in [9.17, 15) is 4.79 Å². The Morgan fingerprint density at radius 2 is 1.93 bits per heavy atom. The van der Waals surface area contributed by atoms with Crippen molar-refractivity contribution in [3.63, 3.8) is 0 Å². The number of likely N-dealkylation sites (tertiary alicyclic amines) is 1. The Hall–Kier alpha value is -1.76. The van der Waals surface area contributed by atoms with Gasteiger partial charge in [0.2, 0.25) is 11.7 Å². The fourth-order valence-electron chi connectivity index (χ4n) is 4.70. The summed E-state index contributed by atoms with van der Waals surface area (Å²) >= 11 is 1.52. The standard InChI is InChI=1S/C21H30N4O2S/c1-15-11-16(2)13-24(12-15)19(26)14-28-21-23-22-20(18-9-6-10-27-18)25(21)17-7-4-3-5-8-17/h6,9-10,15-17H,3-5,7-8,11-14H2,1-2H3. The van der Waals surface area contributed by atoms with Crippen molar-refractivity contribution in [2.24, 2.45) is 11.8 Å². The molecule has 0 aromatic carbocycles. The van der Waals surface area contributed by atoms with E-state index in [1.54, 1.807) is 6.26 Å². The van der Waals surface area contributed by atoms with Gasteiger partial charge in [-0.05, 0) is 43.2 Å². The highest BCUT2D eigenvalue weighted by atomic mass is 32.2. The van der Waals surface area contributed by atoms with Gasteiger partial charge in [-0.1, -0.05) is 44.9 Å². The average molecular weight is 403 g/mol. The predicted octanol–water partition coefficient (Wildman–Crippen LogP) is 4.64. The number of furan rings is 1. The number of nitrogens with zero attached hydrogens (tertiary/aromatic N) is 4. The second-order valence-electron chi connectivity index (χ2n) is 8.48. The molecule has 0 spiro atoms. The van der Waals surface area contributed by atoms with Crippen molar-refractivity contribution in [3.05, 3.63) is 18.4 Å². The van der Waals surface area contributed by atoms with Crippen LogP contribution in [-0.2, 0) is 4.79 Å². The monoisotopic (exact) mass is 402 g/mol. The largest absolute Gasteiger partial charge is 0.461 e. The molecular formula is C21H30N4O2S. The topological polar surface area (TPSA) is 64.2 Å². The van der Waals surface area contributed by atoms with Crippen LogP contribution in [0.25, 0.3) is 11.6 Å². The zero-order valence-electron chi connectivity index (χ0n) is 16.8. The van der Waals surface area contributed by atoms with E-state index >= 15 is 0 Å². The highest BCUT2D eigenvalue weighted by Crippen LogP contribution is 2.35. The van der Waals surface area contributed by atoms with E-state index in [-0.39, 0.29) is 5.91 Å². The third kappa shape index (κ3) is 4.29. The summed E-state index contributed by atoms with van der Waals surface area (Å²) in [5.74, 6) is 3.31. The van der Waals surface area contributed by atoms with Crippen molar-refractivity contribution < 1.29 is 9.21 Å². The minimum Gasteiger partial charge on any atom is -0.461 e. The number of piperidine rings is 1. The first kappa shape index (κ1) is 19.6. The van der Waals surface area contributed by atoms with Crippen molar-refractivity contribution in [2.75, 3.05) is 18.8 Å². The van der Waals surface area contributed by atoms with Crippen molar-refractivity contribution in [3.8, 4) is 11.6 Å². The van der Waals surface area contributed by atoms with Gasteiger partial charge in [0.05, 0.1) is 12.0 Å². The number of amides is 1. The number of thioether (sulfide) groups is 1. The van der Waals surface area contributed by atoms with Crippen LogP contribution in [0, 0.1) is 11.8 Å². The summed E-state index contributed by atoms with van der Waals surface area (Å²) in [6.45, 7) is 6.21. The normalized spacial score (nSPS) is 23.9. The Balaban J connectivity index is 1.50. The zero-order chi connectivity index (χ0) is 19.5. The Kier molecular flexibility index (Phi) is 6.09. The van der Waals surface area contributed by atoms with E-state index < -0.39 is 0 Å². The molecule has 1 aliphatic carbocycles. The lowest BCUT2D eigenvalue weighted by molar-refractivity contribution is -0.130. The molecule has 2 unspecified atom stereocenters. The molecule has 1 saturated heterocycles. The van der Waals surface area contributed by atoms with Gasteiger partial charge >= 0.3 is 0 Å². The molecule has 2 atom stereocenters. The Bertz CT molecular complexity index is 772. The maximum atomic E-state index is 12.8. The van der Waals surface area contributed by atoms with E-state index in [1.165, 1.54) is 37.4 Å². The molecule has 0 bridgehead atoms. The first-order valence-corrected chi connectivity index (χ1v) is 11.5. The molecule has 3 heterocycles. The summed E-state index contributed by atoms with van der Waals surface area (Å²) in [6, 6.07) is 4.19. The van der Waals surface area contributed by atoms with Crippen LogP contribution >= 0.6 is 11.8 Å². The van der Waals surface area contributed by atoms with E-state index in [4.69, 9.17) is 4.42 Å². The summed E-state index contributed by atoms with van der Waals surface area (Å²) in [7, 11) is 0. The summed E-state index contributed by atoms with van der Waals surface area (Å²) in [6.07, 6.45) is 8.90. The van der Waals surface area contributed by atoms with E-state index in [1.807, 2.05) is 17.0 Å². The Morgan fingerprint density at radius 1 is 1.18 bits per heavy atom. The lowest BCUT2D eigenvalue weighted by atomic mass is 9.92. The number of carbonyl (C=O) groups excluding carboxylic acids is 1. The van der Waals surface area contributed by atoms with Gasteiger partial charge < -0.3 is 9.32 Å². The highest BCUT2D eigenvalue weighted by molar-refractivity contribution is 7.99. The second-order valence-corrected chi connectivity index (χ2v) is 9.42. The lowest BCUT2D eigenvalue weighted by Crippen LogP contribution is -2.43. The van der Waals surface area contributed by atoms with Crippen LogP contribution in [0.4, 0.5) is 0 Å². The molecule has 2 fully saturated rings. The SMILES string of the molecule is CC1CC(C)CN(C(=O)CSc2nnc(-c3ccco3)n2C2CCCCC2)C1. The van der Waals surface area contributed by atoms with Crippen LogP contribution in [0.3, 0.4) is 0 Å². The fraction of sp³-hybridized carbons (Fsp3) is 0.667. The Morgan fingerprint density at radius 3 is 2.61 bits per heavy atom. The van der Waals surface area contributed by atoms with E-state index in [0.717, 1.165) is 42.7 Å². The minimum atomic E-state index is 0.209. The molecule has 6 nitrogen and oxygen atoms in total. The van der Waals surface area contributed by atoms with Crippen LogP contribution in [-0.4, -0.2) is 44.4 Å². The molecule has 1 aliphatic heterocycles. The van der Waals surface area contributed by atoms with Crippen molar-refractivity contribution in [1.29, 1.82) is 0 Å². The second kappa shape index (κ2) is 8.72. The lowest BCUT2D eigenvalue weighted by Gasteiger charge is -2.35. The molecule has 0 radical (unpaired) electrons. The minimum absolute atomic E-state index is 0.209. The molecule has 4 rings (SSSR count). The average Bonchev–Trinajstić information content (AvgIpc) is 3.35. The number of rotatable bonds is 5. The number of hydrogen-bond donors (Lipinski definition) is 0. The van der Waals surface area contributed by atoms with Crippen molar-refractivity contribution in [2.45, 2.75) is 63.6 Å². The van der Waals surface area contributed by atoms with Gasteiger partial charge in [-0.25, -0.2) is 0 Å². The maximum absolute atomic E-state index is 12.8. The van der Waals surface area contributed by atoms with Gasteiger partial charge in [-0.3, -0.25) is 9.36 Å². The highest BCUT2D eigenvalue weighted by Gasteiger charge is 2.28. The maximum Gasteiger partial charge on any atom is 0.233 e. The third-order valence-corrected chi connectivity index (χ3v) is 6.82. The smallest absolute Gasteiger partial charge is 0.233 e. The summed E-state index contributed by atoms with van der Waals surface area (Å²) in [5.41, 5.74) is 0. The number of aromatic nitrogens is 3. The van der Waals surface area contributed by atoms with Gasteiger partial charge in [0, 0.05) is 19.1 Å². The number of carbonyl (C=O) groups is 1. The molecular weight excluding hydrogens is 372 g/mol. The summed E-state index contributed by atoms with van der Waals surface area (Å²) < 4.78 is 7.82. The predicted molar refractivity (Wildman–Crippen MR) is 110 cm³/mol. The first-order valence-electron chi connectivity index (χ1n) is 10.5. The van der Waals surface area contributed by atoms with Crippen molar-refractivity contribution >= 4 is 17.7 Å². The Labute approximate surface area is 171 Å². The van der Waals surface area contributed by atoms with E-state index in [2.05, 4.69) is 28.6 Å². The van der Waals surface area contributed by atoms with Crippen LogP contribution in [0.2, 0.25) is 0 Å². The molecule has 2 aromatic rings. The van der Waals surface area contributed by atoms with Gasteiger partial charge in [0.1, 0.15) is 0 Å². The molecule has 7 heteroatoms. The molecule has 1 amide bonds. The van der Waals surface area contributed by atoms with Gasteiger partial charge in [-0.2, -0.15) is 0 Å². The first-order chi connectivity index (χ1) is 13.6. The molecule has 28 heavy (non-hydrogen) atoms. The van der Waals surface area contributed by atoms with Crippen LogP contribution < -0.4 is 0 Å². The summed E-state index contributed by atoms with van der Waals surface area (Å²) in [4.78, 5) is 14.8. The quantitative estimate of drug-likeness (QED) is 0.682.